The van der Waals surface area contributed by atoms with Crippen LogP contribution in [0.25, 0.3) is 11.0 Å². The van der Waals surface area contributed by atoms with Gasteiger partial charge in [-0.3, -0.25) is 14.2 Å². The molecule has 2 aromatic rings. The van der Waals surface area contributed by atoms with E-state index >= 15 is 0 Å². The second-order valence-corrected chi connectivity index (χ2v) is 7.75. The first-order valence-electron chi connectivity index (χ1n) is 9.33. The molecular weight excluding hydrogens is 424 g/mol. The van der Waals surface area contributed by atoms with Crippen LogP contribution in [0.3, 0.4) is 0 Å². The average Bonchev–Trinajstić information content (AvgIpc) is 3.10. The number of carbonyl (C=O) groups excluding carboxylic acids is 2. The van der Waals surface area contributed by atoms with E-state index in [0.717, 1.165) is 0 Å². The normalized spacial score (nSPS) is 23.8. The predicted molar refractivity (Wildman–Crippen MR) is 104 cm³/mol. The molecule has 3 rings (SSSR count). The van der Waals surface area contributed by atoms with E-state index in [-0.39, 0.29) is 23.0 Å². The summed E-state index contributed by atoms with van der Waals surface area (Å²) in [6.45, 7) is 7.73. The molecule has 1 aliphatic rings. The largest absolute Gasteiger partial charge is 0.456 e. The Bertz CT molecular complexity index is 996. The van der Waals surface area contributed by atoms with Crippen molar-refractivity contribution in [2.75, 3.05) is 5.32 Å². The topological polar surface area (TPSA) is 91.7 Å². The van der Waals surface area contributed by atoms with Crippen LogP contribution in [-0.2, 0) is 23.8 Å². The maximum atomic E-state index is 14.6. The minimum absolute atomic E-state index is 0.125. The summed E-state index contributed by atoms with van der Waals surface area (Å²) in [5.74, 6) is -3.49. The maximum absolute atomic E-state index is 14.6. The number of aromatic nitrogens is 2. The van der Waals surface area contributed by atoms with Crippen LogP contribution in [-0.4, -0.2) is 45.8 Å². The Kier molecular flexibility index (Phi) is 6.19. The van der Waals surface area contributed by atoms with Crippen molar-refractivity contribution >= 4 is 40.5 Å². The van der Waals surface area contributed by atoms with Crippen LogP contribution in [0.5, 0.6) is 0 Å². The van der Waals surface area contributed by atoms with Crippen LogP contribution in [0.15, 0.2) is 6.07 Å². The van der Waals surface area contributed by atoms with Crippen LogP contribution >= 0.6 is 11.6 Å². The summed E-state index contributed by atoms with van der Waals surface area (Å²) < 4.78 is 46.7. The van der Waals surface area contributed by atoms with Gasteiger partial charge in [-0.1, -0.05) is 11.6 Å². The number of ether oxygens (including phenoxy) is 3. The second kappa shape index (κ2) is 8.35. The Morgan fingerprint density at radius 2 is 1.80 bits per heavy atom. The molecule has 0 spiro atoms. The molecule has 164 valence electrons. The highest BCUT2D eigenvalue weighted by Crippen LogP contribution is 2.39. The maximum Gasteiger partial charge on any atom is 0.303 e. The van der Waals surface area contributed by atoms with E-state index in [2.05, 4.69) is 10.3 Å². The van der Waals surface area contributed by atoms with Gasteiger partial charge in [0.25, 0.3) is 0 Å². The molecule has 0 bridgehead atoms. The molecule has 11 heteroatoms. The summed E-state index contributed by atoms with van der Waals surface area (Å²) in [5, 5.41) is 2.60. The van der Waals surface area contributed by atoms with Crippen molar-refractivity contribution in [1.29, 1.82) is 0 Å². The number of carbonyl (C=O) groups is 2. The molecule has 0 radical (unpaired) electrons. The summed E-state index contributed by atoms with van der Waals surface area (Å²) >= 11 is 5.86. The minimum atomic E-state index is -1.22. The third-order valence-corrected chi connectivity index (χ3v) is 4.79. The van der Waals surface area contributed by atoms with E-state index < -0.39 is 53.1 Å². The highest BCUT2D eigenvalue weighted by Gasteiger charge is 2.49. The average molecular weight is 446 g/mol. The quantitative estimate of drug-likeness (QED) is 0.555. The lowest BCUT2D eigenvalue weighted by Gasteiger charge is -2.25. The Balaban J connectivity index is 2.21. The number of rotatable bonds is 5. The highest BCUT2D eigenvalue weighted by molar-refractivity contribution is 6.31. The van der Waals surface area contributed by atoms with Gasteiger partial charge >= 0.3 is 11.9 Å². The molecule has 0 amide bonds. The lowest BCUT2D eigenvalue weighted by Crippen LogP contribution is -2.38. The van der Waals surface area contributed by atoms with Gasteiger partial charge in [-0.05, 0) is 26.8 Å². The number of benzene rings is 1. The van der Waals surface area contributed by atoms with Crippen molar-refractivity contribution < 1.29 is 32.6 Å². The lowest BCUT2D eigenvalue weighted by molar-refractivity contribution is -0.165. The van der Waals surface area contributed by atoms with E-state index in [9.17, 15) is 18.4 Å². The van der Waals surface area contributed by atoms with Crippen LogP contribution < -0.4 is 5.32 Å². The monoisotopic (exact) mass is 445 g/mol. The molecule has 30 heavy (non-hydrogen) atoms. The molecule has 1 aromatic carbocycles. The molecule has 0 unspecified atom stereocenters. The summed E-state index contributed by atoms with van der Waals surface area (Å²) in [7, 11) is 0. The zero-order valence-corrected chi connectivity index (χ0v) is 17.8. The minimum Gasteiger partial charge on any atom is -0.456 e. The van der Waals surface area contributed by atoms with E-state index in [1.807, 2.05) is 13.8 Å². The van der Waals surface area contributed by atoms with Gasteiger partial charge in [0.05, 0.1) is 16.6 Å². The molecule has 8 nitrogen and oxygen atoms in total. The Morgan fingerprint density at radius 1 is 1.20 bits per heavy atom. The van der Waals surface area contributed by atoms with Crippen molar-refractivity contribution in [3.8, 4) is 0 Å². The van der Waals surface area contributed by atoms with Crippen molar-refractivity contribution in [2.45, 2.75) is 65.2 Å². The number of hydrogen-bond donors (Lipinski definition) is 1. The van der Waals surface area contributed by atoms with Crippen LogP contribution in [0.4, 0.5) is 14.7 Å². The van der Waals surface area contributed by atoms with E-state index in [0.29, 0.717) is 0 Å². The molecule has 1 aromatic heterocycles. The Labute approximate surface area is 176 Å². The van der Waals surface area contributed by atoms with Crippen molar-refractivity contribution in [3.05, 3.63) is 22.7 Å². The zero-order chi connectivity index (χ0) is 22.3. The molecule has 2 heterocycles. The Hall–Kier alpha value is -2.46. The van der Waals surface area contributed by atoms with Crippen LogP contribution in [0.2, 0.25) is 5.02 Å². The number of imidazole rings is 1. The van der Waals surface area contributed by atoms with Crippen molar-refractivity contribution in [1.82, 2.24) is 9.55 Å². The lowest BCUT2D eigenvalue weighted by atomic mass is 10.1. The summed E-state index contributed by atoms with van der Waals surface area (Å²) in [4.78, 5) is 27.5. The first-order valence-corrected chi connectivity index (χ1v) is 9.70. The van der Waals surface area contributed by atoms with Gasteiger partial charge in [-0.2, -0.15) is 0 Å². The molecule has 0 aliphatic carbocycles. The highest BCUT2D eigenvalue weighted by atomic mass is 35.5. The van der Waals surface area contributed by atoms with Gasteiger partial charge in [-0.25, -0.2) is 13.8 Å². The standard InChI is InChI=1S/C19H22ClF2N3O5/c1-7(2)23-19-24-15-12(6-11(20)13(21)14(15)22)25(19)18-17(30-10(5)27)16(8(3)28-18)29-9(4)26/h6-8,16-18H,1-5H3,(H,23,24)/t8-,16-,17-,18-/m1/s1. The number of fused-ring (bicyclic) bond motifs is 1. The van der Waals surface area contributed by atoms with Gasteiger partial charge in [0.15, 0.2) is 30.1 Å². The smallest absolute Gasteiger partial charge is 0.303 e. The SMILES string of the molecule is CC(=O)O[C@@H]1[C@H](OC(C)=O)[C@@H](C)O[C@H]1n1c(NC(C)C)nc2c(F)c(F)c(Cl)cc21. The number of nitrogens with one attached hydrogen (secondary N) is 1. The second-order valence-electron chi connectivity index (χ2n) is 7.34. The number of anilines is 1. The van der Waals surface area contributed by atoms with Crippen LogP contribution in [0.1, 0.15) is 40.8 Å². The van der Waals surface area contributed by atoms with Gasteiger partial charge in [0.1, 0.15) is 5.52 Å². The molecule has 1 saturated heterocycles. The molecule has 1 N–H and O–H groups in total. The van der Waals surface area contributed by atoms with E-state index in [4.69, 9.17) is 25.8 Å². The summed E-state index contributed by atoms with van der Waals surface area (Å²) in [5.41, 5.74) is -0.145. The third kappa shape index (κ3) is 4.06. The van der Waals surface area contributed by atoms with Gasteiger partial charge < -0.3 is 19.5 Å². The third-order valence-electron chi connectivity index (χ3n) is 4.52. The van der Waals surface area contributed by atoms with Gasteiger partial charge in [0.2, 0.25) is 5.95 Å². The number of esters is 2. The Morgan fingerprint density at radius 3 is 2.37 bits per heavy atom. The van der Waals surface area contributed by atoms with Crippen molar-refractivity contribution in [2.24, 2.45) is 0 Å². The predicted octanol–water partition coefficient (Wildman–Crippen LogP) is 3.57. The molecule has 4 atom stereocenters. The fourth-order valence-corrected chi connectivity index (χ4v) is 3.62. The molecule has 1 fully saturated rings. The fourth-order valence-electron chi connectivity index (χ4n) is 3.44. The number of halogens is 3. The molecule has 1 aliphatic heterocycles. The van der Waals surface area contributed by atoms with Gasteiger partial charge in [0, 0.05) is 19.9 Å². The first-order chi connectivity index (χ1) is 14.0. The number of nitrogens with zero attached hydrogens (tertiary/aromatic N) is 2. The van der Waals surface area contributed by atoms with Gasteiger partial charge in [-0.15, -0.1) is 0 Å². The molecule has 0 saturated carbocycles. The van der Waals surface area contributed by atoms with Crippen LogP contribution in [0, 0.1) is 11.6 Å². The summed E-state index contributed by atoms with van der Waals surface area (Å²) in [6.07, 6.45) is -3.67. The zero-order valence-electron chi connectivity index (χ0n) is 17.0. The fraction of sp³-hybridized carbons (Fsp3) is 0.526. The van der Waals surface area contributed by atoms with Crippen molar-refractivity contribution in [3.63, 3.8) is 0 Å². The van der Waals surface area contributed by atoms with E-state index in [1.165, 1.54) is 24.5 Å². The van der Waals surface area contributed by atoms with E-state index in [1.54, 1.807) is 6.92 Å². The number of hydrogen-bond acceptors (Lipinski definition) is 7. The molecular formula is C19H22ClF2N3O5. The first kappa shape index (κ1) is 22.2. The summed E-state index contributed by atoms with van der Waals surface area (Å²) in [6, 6.07) is 1.09.